The second-order valence-electron chi connectivity index (χ2n) is 19.1. The van der Waals surface area contributed by atoms with Crippen molar-refractivity contribution in [2.75, 3.05) is 72.4 Å². The van der Waals surface area contributed by atoms with Gasteiger partial charge in [0.15, 0.2) is 0 Å². The van der Waals surface area contributed by atoms with Crippen molar-refractivity contribution in [2.24, 2.45) is 5.73 Å². The maximum absolute atomic E-state index is 13.2. The Hall–Kier alpha value is -6.96. The van der Waals surface area contributed by atoms with Crippen LogP contribution in [0.25, 0.3) is 0 Å². The molecule has 5 N–H and O–H groups in total. The summed E-state index contributed by atoms with van der Waals surface area (Å²) in [7, 11) is 0. The van der Waals surface area contributed by atoms with Crippen molar-refractivity contribution in [3.8, 4) is 0 Å². The molecule has 1 atom stereocenters. The summed E-state index contributed by atoms with van der Waals surface area (Å²) in [6.07, 6.45) is 11.6. The number of imide groups is 1. The number of carbonyl (C=O) groups is 5. The fourth-order valence-electron chi connectivity index (χ4n) is 9.99. The standard InChI is InChI=1S/C51H57N13O5S/c1-51(52)15-19-63(20-16-51)44-30-56-46(31-55-44)70-39-4-2-3-35(26-39)58-48(67)42-10-7-37(28-54-42)60-17-13-36(14-18-60)61-21-23-62(24-22-61)38-6-9-41(53-29-38)47(66)57-27-33-5-8-40-34(25-33)32-64(50(40)69)43-11-12-45(65)59-49(43)68/h2-10,25-26,28-31,36,43H,11-24,27,32,52H2,1H3,(H,57,66)(H,58,67)(H,59,65,68). The van der Waals surface area contributed by atoms with Gasteiger partial charge in [-0.05, 0) is 98.7 Å². The molecule has 2 aromatic carbocycles. The van der Waals surface area contributed by atoms with Gasteiger partial charge >= 0.3 is 0 Å². The van der Waals surface area contributed by atoms with Crippen molar-refractivity contribution >= 4 is 64.2 Å². The number of carbonyl (C=O) groups excluding carboxylic acids is 5. The molecule has 3 aromatic heterocycles. The number of piperazine rings is 1. The van der Waals surface area contributed by atoms with Crippen molar-refractivity contribution in [3.05, 3.63) is 120 Å². The Morgan fingerprint density at radius 3 is 2.14 bits per heavy atom. The summed E-state index contributed by atoms with van der Waals surface area (Å²) < 4.78 is 0. The first kappa shape index (κ1) is 46.8. The maximum atomic E-state index is 13.2. The van der Waals surface area contributed by atoms with E-state index in [1.807, 2.05) is 48.7 Å². The molecule has 0 spiro atoms. The molecule has 1 unspecified atom stereocenters. The number of benzene rings is 2. The third-order valence-electron chi connectivity index (χ3n) is 14.2. The van der Waals surface area contributed by atoms with Crippen LogP contribution in [-0.4, -0.2) is 129 Å². The van der Waals surface area contributed by atoms with Gasteiger partial charge in [0.1, 0.15) is 28.3 Å². The SMILES string of the molecule is CC1(N)CCN(c2cnc(Sc3cccc(NC(=O)c4ccc(N5CCC(N6CCN(c7ccc(C(=O)NCc8ccc9c(c8)CN(C8CCC(=O)NC8=O)C9=O)nc7)CC6)CC5)cn4)c3)cn2)CC1. The zero-order valence-corrected chi connectivity index (χ0v) is 40.0. The molecule has 70 heavy (non-hydrogen) atoms. The number of rotatable bonds is 12. The zero-order chi connectivity index (χ0) is 48.4. The summed E-state index contributed by atoms with van der Waals surface area (Å²) in [5.41, 5.74) is 11.7. The minimum Gasteiger partial charge on any atom is -0.370 e. The predicted octanol–water partition coefficient (Wildman–Crippen LogP) is 4.47. The lowest BCUT2D eigenvalue weighted by molar-refractivity contribution is -0.136. The van der Waals surface area contributed by atoms with Crippen LogP contribution in [0.1, 0.15) is 87.9 Å². The predicted molar refractivity (Wildman–Crippen MR) is 266 cm³/mol. The second-order valence-corrected chi connectivity index (χ2v) is 20.2. The third kappa shape index (κ3) is 10.6. The lowest BCUT2D eigenvalue weighted by Gasteiger charge is -2.43. The number of hydrogen-bond acceptors (Lipinski definition) is 15. The fraction of sp³-hybridized carbons (Fsp3) is 0.392. The maximum Gasteiger partial charge on any atom is 0.274 e. The third-order valence-corrected chi connectivity index (χ3v) is 15.1. The number of amides is 5. The highest BCUT2D eigenvalue weighted by Gasteiger charge is 2.39. The minimum absolute atomic E-state index is 0.123. The van der Waals surface area contributed by atoms with E-state index in [4.69, 9.17) is 5.73 Å². The normalized spacial score (nSPS) is 19.7. The van der Waals surface area contributed by atoms with E-state index >= 15 is 0 Å². The van der Waals surface area contributed by atoms with Gasteiger partial charge in [0.2, 0.25) is 11.8 Å². The largest absolute Gasteiger partial charge is 0.370 e. The molecule has 4 fully saturated rings. The summed E-state index contributed by atoms with van der Waals surface area (Å²) >= 11 is 1.49. The summed E-state index contributed by atoms with van der Waals surface area (Å²) in [4.78, 5) is 93.7. The fourth-order valence-corrected chi connectivity index (χ4v) is 10.8. The van der Waals surface area contributed by atoms with Crippen LogP contribution in [0.4, 0.5) is 22.9 Å². The molecule has 0 saturated carbocycles. The first-order chi connectivity index (χ1) is 33.9. The first-order valence-electron chi connectivity index (χ1n) is 24.1. The van der Waals surface area contributed by atoms with Crippen molar-refractivity contribution in [1.29, 1.82) is 0 Å². The van der Waals surface area contributed by atoms with E-state index in [2.05, 4.69) is 62.4 Å². The van der Waals surface area contributed by atoms with E-state index in [1.165, 1.54) is 16.7 Å². The Kier molecular flexibility index (Phi) is 13.5. The molecular formula is C51H57N13O5S. The molecule has 0 bridgehead atoms. The summed E-state index contributed by atoms with van der Waals surface area (Å²) in [6, 6.07) is 20.4. The van der Waals surface area contributed by atoms with Crippen LogP contribution >= 0.6 is 11.8 Å². The second kappa shape index (κ2) is 20.2. The Morgan fingerprint density at radius 2 is 1.47 bits per heavy atom. The highest BCUT2D eigenvalue weighted by molar-refractivity contribution is 7.99. The number of fused-ring (bicyclic) bond motifs is 1. The van der Waals surface area contributed by atoms with Crippen LogP contribution in [-0.2, 0) is 22.7 Å². The number of nitrogens with zero attached hydrogens (tertiary/aromatic N) is 9. The van der Waals surface area contributed by atoms with Crippen LogP contribution in [0.3, 0.4) is 0 Å². The van der Waals surface area contributed by atoms with Crippen LogP contribution in [0.15, 0.2) is 101 Å². The van der Waals surface area contributed by atoms with Crippen molar-refractivity contribution in [3.63, 3.8) is 0 Å². The van der Waals surface area contributed by atoms with Gasteiger partial charge in [-0.1, -0.05) is 30.0 Å². The Bertz CT molecular complexity index is 2750. The number of nitrogens with two attached hydrogens (primary N) is 1. The molecule has 362 valence electrons. The average Bonchev–Trinajstić information content (AvgIpc) is 3.70. The van der Waals surface area contributed by atoms with E-state index in [0.717, 1.165) is 116 Å². The zero-order valence-electron chi connectivity index (χ0n) is 39.2. The van der Waals surface area contributed by atoms with Gasteiger partial charge in [0, 0.05) is 99.6 Å². The molecule has 5 amide bonds. The number of piperidine rings is 3. The number of pyridine rings is 2. The summed E-state index contributed by atoms with van der Waals surface area (Å²) in [5.74, 6) is -0.697. The molecule has 10 rings (SSSR count). The van der Waals surface area contributed by atoms with Gasteiger partial charge < -0.3 is 36.0 Å². The molecule has 0 radical (unpaired) electrons. The van der Waals surface area contributed by atoms with Crippen LogP contribution in [0.5, 0.6) is 0 Å². The molecule has 5 aliphatic heterocycles. The van der Waals surface area contributed by atoms with E-state index in [9.17, 15) is 24.0 Å². The average molecular weight is 964 g/mol. The Labute approximate surface area is 410 Å². The van der Waals surface area contributed by atoms with Gasteiger partial charge in [-0.2, -0.15) is 0 Å². The first-order valence-corrected chi connectivity index (χ1v) is 24.9. The van der Waals surface area contributed by atoms with E-state index in [0.29, 0.717) is 35.1 Å². The molecular weight excluding hydrogens is 907 g/mol. The summed E-state index contributed by atoms with van der Waals surface area (Å²) in [6.45, 7) is 9.78. The lowest BCUT2D eigenvalue weighted by Crippen LogP contribution is -2.53. The number of aromatic nitrogens is 4. The molecule has 18 nitrogen and oxygen atoms in total. The van der Waals surface area contributed by atoms with E-state index in [-0.39, 0.29) is 48.7 Å². The number of hydrogen-bond donors (Lipinski definition) is 4. The molecule has 19 heteroatoms. The highest BCUT2D eigenvalue weighted by atomic mass is 32.2. The molecule has 0 aliphatic carbocycles. The molecule has 8 heterocycles. The Balaban J connectivity index is 0.640. The monoisotopic (exact) mass is 963 g/mol. The molecule has 5 aliphatic rings. The quantitative estimate of drug-likeness (QED) is 0.127. The van der Waals surface area contributed by atoms with Gasteiger partial charge in [-0.3, -0.25) is 34.2 Å². The Morgan fingerprint density at radius 1 is 0.757 bits per heavy atom. The van der Waals surface area contributed by atoms with E-state index < -0.39 is 11.9 Å². The summed E-state index contributed by atoms with van der Waals surface area (Å²) in [5, 5.41) is 9.04. The minimum atomic E-state index is -0.674. The van der Waals surface area contributed by atoms with Crippen molar-refractivity contribution in [2.45, 2.75) is 86.1 Å². The van der Waals surface area contributed by atoms with Crippen molar-refractivity contribution in [1.82, 2.24) is 40.4 Å². The van der Waals surface area contributed by atoms with Gasteiger partial charge in [0.25, 0.3) is 17.7 Å². The van der Waals surface area contributed by atoms with Crippen molar-refractivity contribution < 1.29 is 24.0 Å². The van der Waals surface area contributed by atoms with Gasteiger partial charge in [-0.25, -0.2) is 19.9 Å². The molecule has 4 saturated heterocycles. The van der Waals surface area contributed by atoms with Gasteiger partial charge in [-0.15, -0.1) is 0 Å². The lowest BCUT2D eigenvalue weighted by atomic mass is 9.91. The van der Waals surface area contributed by atoms with E-state index in [1.54, 1.807) is 42.9 Å². The topological polar surface area (TPSA) is 215 Å². The molecule has 5 aromatic rings. The van der Waals surface area contributed by atoms with Crippen LogP contribution in [0.2, 0.25) is 0 Å². The van der Waals surface area contributed by atoms with Crippen LogP contribution in [0, 0.1) is 0 Å². The highest BCUT2D eigenvalue weighted by Crippen LogP contribution is 2.31. The number of nitrogens with one attached hydrogen (secondary N) is 3. The van der Waals surface area contributed by atoms with Gasteiger partial charge in [0.05, 0.1) is 36.2 Å². The van der Waals surface area contributed by atoms with Crippen LogP contribution < -0.4 is 36.4 Å². The smallest absolute Gasteiger partial charge is 0.274 e. The number of anilines is 4.